The Morgan fingerprint density at radius 3 is 1.68 bits per heavy atom. The zero-order valence-corrected chi connectivity index (χ0v) is 23.6. The van der Waals surface area contributed by atoms with Gasteiger partial charge >= 0.3 is 18.3 Å². The van der Waals surface area contributed by atoms with Crippen molar-refractivity contribution in [2.45, 2.75) is 50.1 Å². The fourth-order valence-corrected chi connectivity index (χ4v) is 4.65. The van der Waals surface area contributed by atoms with E-state index >= 15 is 0 Å². The van der Waals surface area contributed by atoms with Gasteiger partial charge in [0.05, 0.1) is 24.3 Å². The second-order valence-corrected chi connectivity index (χ2v) is 10.6. The van der Waals surface area contributed by atoms with Crippen molar-refractivity contribution in [3.63, 3.8) is 0 Å². The summed E-state index contributed by atoms with van der Waals surface area (Å²) in [6, 6.07) is 19.4. The molecule has 0 amide bonds. The summed E-state index contributed by atoms with van der Waals surface area (Å²) in [6.45, 7) is 3.40. The van der Waals surface area contributed by atoms with Crippen LogP contribution >= 0.6 is 0 Å². The van der Waals surface area contributed by atoms with E-state index in [0.717, 1.165) is 35.9 Å². The molecule has 0 saturated heterocycles. The molecule has 0 radical (unpaired) electrons. The lowest BCUT2D eigenvalue weighted by atomic mass is 9.93. The molecule has 0 bridgehead atoms. The first-order valence-corrected chi connectivity index (χ1v) is 13.6. The van der Waals surface area contributed by atoms with E-state index < -0.39 is 48.1 Å². The Morgan fingerprint density at radius 1 is 0.636 bits per heavy atom. The summed E-state index contributed by atoms with van der Waals surface area (Å²) in [5.41, 5.74) is -0.579. The van der Waals surface area contributed by atoms with Gasteiger partial charge < -0.3 is 9.84 Å². The van der Waals surface area contributed by atoms with Crippen LogP contribution in [0.5, 0.6) is 11.5 Å². The standard InChI is InChI=1S/C33H29F8NO2/c1-20(2)22-6-4-10-27(17-22)44-28-11-5-8-24(18-28)30(23-7-3-9-26(16-23)31(34,35)33(39,40)41)42-29(19-43)21-12-14-25(15-13-21)32(36,37)38/h3-18,20,29-30,42-43H,19H2,1-2H3. The normalized spacial score (nSPS) is 14.0. The van der Waals surface area contributed by atoms with Gasteiger partial charge in [-0.1, -0.05) is 68.4 Å². The van der Waals surface area contributed by atoms with Crippen LogP contribution in [-0.2, 0) is 12.1 Å². The van der Waals surface area contributed by atoms with Crippen molar-refractivity contribution >= 4 is 0 Å². The van der Waals surface area contributed by atoms with Crippen molar-refractivity contribution in [1.82, 2.24) is 5.32 Å². The van der Waals surface area contributed by atoms with Crippen molar-refractivity contribution in [2.75, 3.05) is 6.61 Å². The van der Waals surface area contributed by atoms with Gasteiger partial charge in [0, 0.05) is 5.56 Å². The molecular weight excluding hydrogens is 594 g/mol. The second kappa shape index (κ2) is 13.0. The van der Waals surface area contributed by atoms with Crippen molar-refractivity contribution in [3.8, 4) is 11.5 Å². The van der Waals surface area contributed by atoms with Gasteiger partial charge in [0.1, 0.15) is 11.5 Å². The Balaban J connectivity index is 1.76. The first-order valence-electron chi connectivity index (χ1n) is 13.6. The highest BCUT2D eigenvalue weighted by Crippen LogP contribution is 2.44. The molecule has 234 valence electrons. The molecule has 0 saturated carbocycles. The van der Waals surface area contributed by atoms with Crippen molar-refractivity contribution < 1.29 is 45.0 Å². The highest BCUT2D eigenvalue weighted by atomic mass is 19.4. The largest absolute Gasteiger partial charge is 0.458 e. The van der Waals surface area contributed by atoms with Crippen LogP contribution in [0.2, 0.25) is 0 Å². The molecule has 0 heterocycles. The van der Waals surface area contributed by atoms with E-state index in [1.807, 2.05) is 32.0 Å². The van der Waals surface area contributed by atoms with Gasteiger partial charge in [-0.15, -0.1) is 0 Å². The lowest BCUT2D eigenvalue weighted by Gasteiger charge is -2.28. The van der Waals surface area contributed by atoms with Gasteiger partial charge in [-0.25, -0.2) is 0 Å². The molecule has 11 heteroatoms. The number of halogens is 8. The minimum atomic E-state index is -5.85. The summed E-state index contributed by atoms with van der Waals surface area (Å²) in [4.78, 5) is 0. The van der Waals surface area contributed by atoms with E-state index in [0.29, 0.717) is 29.2 Å². The van der Waals surface area contributed by atoms with E-state index in [-0.39, 0.29) is 17.0 Å². The van der Waals surface area contributed by atoms with E-state index in [1.54, 1.807) is 30.3 Å². The Kier molecular flexibility index (Phi) is 9.70. The summed E-state index contributed by atoms with van der Waals surface area (Å²) in [7, 11) is 0. The lowest BCUT2D eigenvalue weighted by molar-refractivity contribution is -0.289. The van der Waals surface area contributed by atoms with Crippen LogP contribution in [0.3, 0.4) is 0 Å². The highest BCUT2D eigenvalue weighted by Gasteiger charge is 2.58. The zero-order valence-electron chi connectivity index (χ0n) is 23.6. The lowest BCUT2D eigenvalue weighted by Crippen LogP contribution is -2.34. The molecule has 2 unspecified atom stereocenters. The Bertz CT molecular complexity index is 1550. The summed E-state index contributed by atoms with van der Waals surface area (Å²) in [5, 5.41) is 13.2. The van der Waals surface area contributed by atoms with E-state index in [2.05, 4.69) is 5.32 Å². The third-order valence-electron chi connectivity index (χ3n) is 7.08. The van der Waals surface area contributed by atoms with Crippen LogP contribution in [0.4, 0.5) is 35.1 Å². The third-order valence-corrected chi connectivity index (χ3v) is 7.08. The van der Waals surface area contributed by atoms with Crippen LogP contribution in [-0.4, -0.2) is 17.9 Å². The van der Waals surface area contributed by atoms with Gasteiger partial charge in [-0.2, -0.15) is 35.1 Å². The quantitative estimate of drug-likeness (QED) is 0.173. The monoisotopic (exact) mass is 623 g/mol. The number of ether oxygens (including phenoxy) is 1. The zero-order chi connectivity index (χ0) is 32.3. The van der Waals surface area contributed by atoms with Crippen LogP contribution in [0, 0.1) is 0 Å². The van der Waals surface area contributed by atoms with Gasteiger partial charge in [-0.3, -0.25) is 5.32 Å². The van der Waals surface area contributed by atoms with Crippen molar-refractivity contribution in [3.05, 3.63) is 130 Å². The molecule has 0 spiro atoms. The summed E-state index contributed by atoms with van der Waals surface area (Å²) in [6.07, 6.45) is -10.4. The predicted molar refractivity (Wildman–Crippen MR) is 150 cm³/mol. The third kappa shape index (κ3) is 7.57. The number of benzene rings is 4. The summed E-state index contributed by atoms with van der Waals surface area (Å²) < 4.78 is 114. The number of hydrogen-bond acceptors (Lipinski definition) is 3. The van der Waals surface area contributed by atoms with Crippen LogP contribution in [0.25, 0.3) is 0 Å². The predicted octanol–water partition coefficient (Wildman–Crippen LogP) is 9.69. The molecule has 0 aromatic heterocycles. The SMILES string of the molecule is CC(C)c1cccc(Oc2cccc(C(NC(CO)c3ccc(C(F)(F)F)cc3)c3cccc(C(F)(F)C(F)(F)F)c3)c2)c1. The molecule has 0 aliphatic rings. The minimum absolute atomic E-state index is 0.00394. The van der Waals surface area contributed by atoms with Crippen LogP contribution < -0.4 is 10.1 Å². The molecule has 44 heavy (non-hydrogen) atoms. The first kappa shape index (κ1) is 32.9. The number of aliphatic hydroxyl groups excluding tert-OH is 1. The maximum atomic E-state index is 14.3. The Morgan fingerprint density at radius 2 is 1.16 bits per heavy atom. The highest BCUT2D eigenvalue weighted by molar-refractivity contribution is 5.42. The molecule has 4 aromatic carbocycles. The summed E-state index contributed by atoms with van der Waals surface area (Å²) >= 11 is 0. The topological polar surface area (TPSA) is 41.5 Å². The number of alkyl halides is 8. The molecule has 4 rings (SSSR count). The van der Waals surface area contributed by atoms with Gasteiger partial charge in [0.25, 0.3) is 0 Å². The van der Waals surface area contributed by atoms with Crippen LogP contribution in [0.1, 0.15) is 65.2 Å². The average molecular weight is 624 g/mol. The maximum Gasteiger partial charge on any atom is 0.458 e. The van der Waals surface area contributed by atoms with Crippen molar-refractivity contribution in [2.24, 2.45) is 0 Å². The molecule has 0 aliphatic carbocycles. The summed E-state index contributed by atoms with van der Waals surface area (Å²) in [5.74, 6) is -4.07. The molecular formula is C33H29F8NO2. The average Bonchev–Trinajstić information content (AvgIpc) is 2.97. The second-order valence-electron chi connectivity index (χ2n) is 10.6. The van der Waals surface area contributed by atoms with Gasteiger partial charge in [0.2, 0.25) is 0 Å². The molecule has 2 N–H and O–H groups in total. The number of hydrogen-bond donors (Lipinski definition) is 2. The number of aliphatic hydroxyl groups is 1. The Labute approximate surface area is 249 Å². The fourth-order valence-electron chi connectivity index (χ4n) is 4.65. The smallest absolute Gasteiger partial charge is 0.457 e. The van der Waals surface area contributed by atoms with E-state index in [1.165, 1.54) is 6.07 Å². The van der Waals surface area contributed by atoms with E-state index in [9.17, 15) is 40.2 Å². The van der Waals surface area contributed by atoms with Gasteiger partial charge in [-0.05, 0) is 70.6 Å². The molecule has 4 aromatic rings. The maximum absolute atomic E-state index is 14.3. The van der Waals surface area contributed by atoms with Crippen LogP contribution in [0.15, 0.2) is 97.1 Å². The van der Waals surface area contributed by atoms with Gasteiger partial charge in [0.15, 0.2) is 0 Å². The minimum Gasteiger partial charge on any atom is -0.457 e. The molecule has 0 fully saturated rings. The molecule has 2 atom stereocenters. The molecule has 0 aliphatic heterocycles. The molecule has 3 nitrogen and oxygen atoms in total. The van der Waals surface area contributed by atoms with Crippen molar-refractivity contribution in [1.29, 1.82) is 0 Å². The fraction of sp³-hybridized carbons (Fsp3) is 0.273. The number of nitrogens with one attached hydrogen (secondary N) is 1. The first-order chi connectivity index (χ1) is 20.6. The Hall–Kier alpha value is -3.96. The number of rotatable bonds is 10. The van der Waals surface area contributed by atoms with E-state index in [4.69, 9.17) is 4.74 Å².